The van der Waals surface area contributed by atoms with Crippen LogP contribution in [-0.2, 0) is 11.8 Å². The summed E-state index contributed by atoms with van der Waals surface area (Å²) in [5.41, 5.74) is 14.8. The molecule has 0 bridgehead atoms. The summed E-state index contributed by atoms with van der Waals surface area (Å²) in [6, 6.07) is 83.4. The molecule has 0 atom stereocenters. The highest BCUT2D eigenvalue weighted by Gasteiger charge is 2.28. The average molecular weight is 964 g/mol. The lowest BCUT2D eigenvalue weighted by atomic mass is 9.95. The van der Waals surface area contributed by atoms with Gasteiger partial charge in [0.2, 0.25) is 0 Å². The van der Waals surface area contributed by atoms with Gasteiger partial charge in [-0.1, -0.05) is 185 Å². The zero-order valence-electron chi connectivity index (χ0n) is 41.8. The molecule has 0 N–H and O–H groups in total. The predicted octanol–water partition coefficient (Wildman–Crippen LogP) is 16.8. The number of benzene rings is 10. The zero-order chi connectivity index (χ0) is 49.9. The fourth-order valence-electron chi connectivity index (χ4n) is 12.1. The van der Waals surface area contributed by atoms with E-state index in [2.05, 4.69) is 270 Å². The molecule has 0 aliphatic carbocycles. The van der Waals surface area contributed by atoms with Gasteiger partial charge in [-0.25, -0.2) is 15.0 Å². The van der Waals surface area contributed by atoms with Crippen LogP contribution in [0.1, 0.15) is 38.0 Å². The van der Waals surface area contributed by atoms with E-state index in [1.54, 1.807) is 0 Å². The molecule has 75 heavy (non-hydrogen) atoms. The van der Waals surface area contributed by atoms with Crippen molar-refractivity contribution in [3.8, 4) is 34.1 Å². The molecule has 0 amide bonds. The van der Waals surface area contributed by atoms with Crippen LogP contribution in [0, 0.1) is 0 Å². The summed E-state index contributed by atoms with van der Waals surface area (Å²) in [5.74, 6) is 2.05. The number of hydrogen-bond acceptors (Lipinski definition) is 3. The monoisotopic (exact) mass is 963 g/mol. The Morgan fingerprint density at radius 1 is 0.307 bits per heavy atom. The van der Waals surface area contributed by atoms with Crippen LogP contribution in [0.3, 0.4) is 0 Å². The minimum Gasteiger partial charge on any atom is -0.307 e. The highest BCUT2D eigenvalue weighted by molar-refractivity contribution is 6.14. The van der Waals surface area contributed by atoms with Gasteiger partial charge < -0.3 is 18.3 Å². The molecule has 0 saturated carbocycles. The van der Waals surface area contributed by atoms with Crippen molar-refractivity contribution in [2.24, 2.45) is 0 Å². The van der Waals surface area contributed by atoms with Crippen LogP contribution in [0.4, 0.5) is 0 Å². The Morgan fingerprint density at radius 2 is 0.627 bits per heavy atom. The van der Waals surface area contributed by atoms with Gasteiger partial charge in [-0.3, -0.25) is 0 Å². The summed E-state index contributed by atoms with van der Waals surface area (Å²) in [6.45, 7) is 6.60. The van der Waals surface area contributed by atoms with Gasteiger partial charge in [0.25, 0.3) is 0 Å². The van der Waals surface area contributed by atoms with E-state index in [4.69, 9.17) is 15.0 Å². The van der Waals surface area contributed by atoms with Crippen LogP contribution >= 0.6 is 0 Å². The number of fused-ring (bicyclic) bond motifs is 12. The molecule has 0 saturated heterocycles. The molecule has 5 aromatic heterocycles. The third-order valence-corrected chi connectivity index (χ3v) is 15.3. The summed E-state index contributed by atoms with van der Waals surface area (Å²) in [7, 11) is 0. The largest absolute Gasteiger partial charge is 0.307 e. The van der Waals surface area contributed by atoms with Crippen molar-refractivity contribution in [3.63, 3.8) is 0 Å². The van der Waals surface area contributed by atoms with Gasteiger partial charge in [0.15, 0.2) is 5.82 Å². The van der Waals surface area contributed by atoms with Crippen LogP contribution in [0.15, 0.2) is 231 Å². The summed E-state index contributed by atoms with van der Waals surface area (Å²) >= 11 is 0. The van der Waals surface area contributed by atoms with Crippen molar-refractivity contribution in [1.82, 2.24) is 33.2 Å². The fourth-order valence-corrected chi connectivity index (χ4v) is 12.1. The van der Waals surface area contributed by atoms with Gasteiger partial charge in [-0.15, -0.1) is 0 Å². The van der Waals surface area contributed by atoms with E-state index in [-0.39, 0.29) is 0 Å². The van der Waals surface area contributed by atoms with Crippen molar-refractivity contribution >= 4 is 87.2 Å². The maximum Gasteiger partial charge on any atom is 0.165 e. The third-order valence-electron chi connectivity index (χ3n) is 15.3. The Hall–Kier alpha value is -9.59. The van der Waals surface area contributed by atoms with Crippen LogP contribution in [0.2, 0.25) is 0 Å². The van der Waals surface area contributed by atoms with Gasteiger partial charge in [0.05, 0.1) is 66.9 Å². The number of rotatable bonds is 7. The minimum atomic E-state index is -0.412. The summed E-state index contributed by atoms with van der Waals surface area (Å²) < 4.78 is 9.79. The topological polar surface area (TPSA) is 58.4 Å². The average Bonchev–Trinajstić information content (AvgIpc) is 4.18. The highest BCUT2D eigenvalue weighted by atomic mass is 15.1. The first-order chi connectivity index (χ1) is 36.9. The van der Waals surface area contributed by atoms with E-state index in [9.17, 15) is 0 Å². The molecule has 0 radical (unpaired) electrons. The molecule has 10 aromatic carbocycles. The van der Waals surface area contributed by atoms with Crippen molar-refractivity contribution < 1.29 is 0 Å². The lowest BCUT2D eigenvalue weighted by Crippen LogP contribution is -2.20. The van der Waals surface area contributed by atoms with E-state index >= 15 is 0 Å². The van der Waals surface area contributed by atoms with Crippen molar-refractivity contribution in [2.45, 2.75) is 32.6 Å². The Bertz CT molecular complexity index is 4590. The van der Waals surface area contributed by atoms with E-state index in [1.165, 1.54) is 43.1 Å². The van der Waals surface area contributed by atoms with Crippen molar-refractivity contribution in [3.05, 3.63) is 248 Å². The molecule has 15 aromatic rings. The van der Waals surface area contributed by atoms with Crippen LogP contribution < -0.4 is 0 Å². The molecule has 5 heterocycles. The molecule has 0 aliphatic rings. The molecule has 356 valence electrons. The quantitative estimate of drug-likeness (QED) is 0.160. The van der Waals surface area contributed by atoms with Crippen LogP contribution in [0.25, 0.3) is 121 Å². The van der Waals surface area contributed by atoms with E-state index in [0.717, 1.165) is 83.8 Å². The standard InChI is InChI=1S/C68H49N7/c1-68(2,3)67-70-63(42-43-22-20-40-61(72-53-32-12-4-23-44(53)45-24-5-13-33-54(45)72)64(43)74-57-36-16-8-27-48(57)49-28-9-17-37-58(49)74)69-66(71-67)52-31-21-41-62(73-55-34-14-6-25-46(55)47-26-7-15-35-56(47)73)65(52)75-59-38-18-10-29-50(59)51-30-11-19-39-60(51)75/h4-41H,42H2,1-3H3. The summed E-state index contributed by atoms with van der Waals surface area (Å²) in [5, 5.41) is 9.60. The molecular weight excluding hydrogens is 915 g/mol. The van der Waals surface area contributed by atoms with Crippen molar-refractivity contribution in [2.75, 3.05) is 0 Å². The molecule has 0 fully saturated rings. The molecule has 7 nitrogen and oxygen atoms in total. The maximum absolute atomic E-state index is 5.67. The van der Waals surface area contributed by atoms with E-state index < -0.39 is 5.41 Å². The molecule has 7 heteroatoms. The maximum atomic E-state index is 5.67. The molecule has 0 aliphatic heterocycles. The minimum absolute atomic E-state index is 0.412. The Balaban J connectivity index is 1.02. The number of para-hydroxylation sites is 10. The zero-order valence-corrected chi connectivity index (χ0v) is 41.8. The van der Waals surface area contributed by atoms with Crippen LogP contribution in [-0.4, -0.2) is 33.2 Å². The Morgan fingerprint density at radius 3 is 1.00 bits per heavy atom. The summed E-state index contributed by atoms with van der Waals surface area (Å²) in [6.07, 6.45) is 0.441. The fraction of sp³-hybridized carbons (Fsp3) is 0.0735. The van der Waals surface area contributed by atoms with Crippen LogP contribution in [0.5, 0.6) is 0 Å². The second kappa shape index (κ2) is 16.5. The first-order valence-corrected chi connectivity index (χ1v) is 25.8. The first kappa shape index (κ1) is 43.0. The smallest absolute Gasteiger partial charge is 0.165 e. The SMILES string of the molecule is CC(C)(C)c1nc(Cc2cccc(-n3c4ccccc4c4ccccc43)c2-n2c3ccccc3c3ccccc32)nc(-c2cccc(-n3c4ccccc4c4ccccc43)c2-n2c3ccccc3c3ccccc32)n1. The molecule has 0 unspecified atom stereocenters. The Labute approximate surface area is 432 Å². The molecular formula is C68H49N7. The summed E-state index contributed by atoms with van der Waals surface area (Å²) in [4.78, 5) is 16.7. The first-order valence-electron chi connectivity index (χ1n) is 25.8. The predicted molar refractivity (Wildman–Crippen MR) is 311 cm³/mol. The molecule has 15 rings (SSSR count). The lowest BCUT2D eigenvalue weighted by Gasteiger charge is -2.23. The van der Waals surface area contributed by atoms with Gasteiger partial charge >= 0.3 is 0 Å². The highest BCUT2D eigenvalue weighted by Crippen LogP contribution is 2.44. The third kappa shape index (κ3) is 6.50. The number of hydrogen-bond donors (Lipinski definition) is 0. The number of nitrogens with zero attached hydrogens (tertiary/aromatic N) is 7. The van der Waals surface area contributed by atoms with Gasteiger partial charge in [0.1, 0.15) is 11.6 Å². The van der Waals surface area contributed by atoms with Gasteiger partial charge in [0, 0.05) is 60.5 Å². The second-order valence-corrected chi connectivity index (χ2v) is 20.8. The van der Waals surface area contributed by atoms with Gasteiger partial charge in [-0.2, -0.15) is 0 Å². The molecule has 0 spiro atoms. The second-order valence-electron chi connectivity index (χ2n) is 20.8. The number of aromatic nitrogens is 7. The lowest BCUT2D eigenvalue weighted by molar-refractivity contribution is 0.538. The Kier molecular flexibility index (Phi) is 9.45. The van der Waals surface area contributed by atoms with Crippen molar-refractivity contribution in [1.29, 1.82) is 0 Å². The van der Waals surface area contributed by atoms with E-state index in [1.807, 2.05) is 0 Å². The van der Waals surface area contributed by atoms with Gasteiger partial charge in [-0.05, 0) is 72.3 Å². The normalized spacial score (nSPS) is 12.3. The van der Waals surface area contributed by atoms with E-state index in [0.29, 0.717) is 18.1 Å².